The van der Waals surface area contributed by atoms with Crippen LogP contribution in [-0.2, 0) is 6.42 Å². The van der Waals surface area contributed by atoms with E-state index in [4.69, 9.17) is 10.5 Å². The van der Waals surface area contributed by atoms with Crippen LogP contribution in [0.25, 0.3) is 0 Å². The maximum absolute atomic E-state index is 6.26. The van der Waals surface area contributed by atoms with Crippen LogP contribution in [0.2, 0.25) is 0 Å². The minimum atomic E-state index is 0.00111. The molecule has 94 valence electrons. The molecule has 2 nitrogen and oxygen atoms in total. The van der Waals surface area contributed by atoms with E-state index in [-0.39, 0.29) is 6.04 Å². The van der Waals surface area contributed by atoms with Gasteiger partial charge in [-0.25, -0.2) is 0 Å². The summed E-state index contributed by atoms with van der Waals surface area (Å²) in [5, 5.41) is 0. The quantitative estimate of drug-likeness (QED) is 0.891. The smallest absolute Gasteiger partial charge is 0.122 e. The second-order valence-electron chi connectivity index (χ2n) is 4.54. The third-order valence-electron chi connectivity index (χ3n) is 3.10. The van der Waals surface area contributed by atoms with Crippen molar-refractivity contribution in [3.8, 4) is 5.75 Å². The number of rotatable bonds is 4. The molecule has 0 fully saturated rings. The van der Waals surface area contributed by atoms with Gasteiger partial charge in [0.05, 0.1) is 7.11 Å². The maximum atomic E-state index is 6.26. The molecule has 0 saturated carbocycles. The molecule has 0 aliphatic carbocycles. The molecular formula is C16H19NO. The van der Waals surface area contributed by atoms with Gasteiger partial charge in [-0.15, -0.1) is 0 Å². The number of hydrogen-bond donors (Lipinski definition) is 1. The monoisotopic (exact) mass is 241 g/mol. The number of benzene rings is 2. The molecule has 2 aromatic rings. The standard InChI is InChI=1S/C16H19NO/c1-12-6-5-8-13(10-12)15(17)11-14-7-3-4-9-16(14)18-2/h3-10,15H,11,17H2,1-2H3. The zero-order chi connectivity index (χ0) is 13.0. The number of aryl methyl sites for hydroxylation is 1. The van der Waals surface area contributed by atoms with E-state index < -0.39 is 0 Å². The van der Waals surface area contributed by atoms with Crippen LogP contribution < -0.4 is 10.5 Å². The number of methoxy groups -OCH3 is 1. The number of ether oxygens (including phenoxy) is 1. The lowest BCUT2D eigenvalue weighted by atomic mass is 9.98. The predicted octanol–water partition coefficient (Wildman–Crippen LogP) is 3.25. The highest BCUT2D eigenvalue weighted by atomic mass is 16.5. The van der Waals surface area contributed by atoms with Crippen molar-refractivity contribution in [1.29, 1.82) is 0 Å². The van der Waals surface area contributed by atoms with Crippen LogP contribution in [0.4, 0.5) is 0 Å². The molecule has 0 aliphatic rings. The van der Waals surface area contributed by atoms with Gasteiger partial charge in [0.1, 0.15) is 5.75 Å². The molecule has 2 rings (SSSR count). The summed E-state index contributed by atoms with van der Waals surface area (Å²) in [7, 11) is 1.69. The highest BCUT2D eigenvalue weighted by Gasteiger charge is 2.10. The Morgan fingerprint density at radius 1 is 1.11 bits per heavy atom. The van der Waals surface area contributed by atoms with Crippen molar-refractivity contribution >= 4 is 0 Å². The van der Waals surface area contributed by atoms with Gasteiger partial charge in [0, 0.05) is 6.04 Å². The van der Waals surface area contributed by atoms with E-state index in [0.29, 0.717) is 0 Å². The third kappa shape index (κ3) is 2.90. The lowest BCUT2D eigenvalue weighted by Gasteiger charge is -2.15. The first-order chi connectivity index (χ1) is 8.70. The third-order valence-corrected chi connectivity index (χ3v) is 3.10. The van der Waals surface area contributed by atoms with E-state index >= 15 is 0 Å². The topological polar surface area (TPSA) is 35.2 Å². The van der Waals surface area contributed by atoms with Gasteiger partial charge in [0.2, 0.25) is 0 Å². The molecule has 0 aromatic heterocycles. The number of para-hydroxylation sites is 1. The molecule has 0 heterocycles. The first kappa shape index (κ1) is 12.7. The van der Waals surface area contributed by atoms with Gasteiger partial charge < -0.3 is 10.5 Å². The van der Waals surface area contributed by atoms with Crippen molar-refractivity contribution in [3.63, 3.8) is 0 Å². The average molecular weight is 241 g/mol. The van der Waals surface area contributed by atoms with Crippen molar-refractivity contribution in [3.05, 3.63) is 65.2 Å². The second kappa shape index (κ2) is 5.69. The Morgan fingerprint density at radius 3 is 2.61 bits per heavy atom. The van der Waals surface area contributed by atoms with E-state index in [1.54, 1.807) is 7.11 Å². The first-order valence-corrected chi connectivity index (χ1v) is 6.14. The van der Waals surface area contributed by atoms with Crippen molar-refractivity contribution in [2.45, 2.75) is 19.4 Å². The van der Waals surface area contributed by atoms with Crippen LogP contribution in [0, 0.1) is 6.92 Å². The van der Waals surface area contributed by atoms with Crippen molar-refractivity contribution in [2.75, 3.05) is 7.11 Å². The number of hydrogen-bond acceptors (Lipinski definition) is 2. The van der Waals surface area contributed by atoms with Crippen LogP contribution >= 0.6 is 0 Å². The molecule has 0 amide bonds. The van der Waals surface area contributed by atoms with E-state index in [0.717, 1.165) is 17.7 Å². The molecule has 0 radical (unpaired) electrons. The Hall–Kier alpha value is -1.80. The molecule has 1 atom stereocenters. The van der Waals surface area contributed by atoms with E-state index in [1.807, 2.05) is 24.3 Å². The van der Waals surface area contributed by atoms with Crippen molar-refractivity contribution < 1.29 is 4.74 Å². The Balaban J connectivity index is 2.18. The van der Waals surface area contributed by atoms with Gasteiger partial charge >= 0.3 is 0 Å². The fraction of sp³-hybridized carbons (Fsp3) is 0.250. The van der Waals surface area contributed by atoms with E-state index in [9.17, 15) is 0 Å². The highest BCUT2D eigenvalue weighted by molar-refractivity contribution is 5.35. The molecule has 0 spiro atoms. The van der Waals surface area contributed by atoms with Crippen LogP contribution in [0.5, 0.6) is 5.75 Å². The molecule has 2 aromatic carbocycles. The molecule has 18 heavy (non-hydrogen) atoms. The molecule has 1 unspecified atom stereocenters. The zero-order valence-electron chi connectivity index (χ0n) is 10.9. The summed E-state index contributed by atoms with van der Waals surface area (Å²) in [5.41, 5.74) is 9.82. The molecule has 0 bridgehead atoms. The van der Waals surface area contributed by atoms with Gasteiger partial charge in [0.25, 0.3) is 0 Å². The highest BCUT2D eigenvalue weighted by Crippen LogP contribution is 2.23. The normalized spacial score (nSPS) is 12.2. The van der Waals surface area contributed by atoms with Gasteiger partial charge in [-0.05, 0) is 30.5 Å². The summed E-state index contributed by atoms with van der Waals surface area (Å²) in [4.78, 5) is 0. The summed E-state index contributed by atoms with van der Waals surface area (Å²) in [5.74, 6) is 0.903. The Bertz CT molecular complexity index is 522. The second-order valence-corrected chi connectivity index (χ2v) is 4.54. The lowest BCUT2D eigenvalue weighted by Crippen LogP contribution is -2.14. The van der Waals surface area contributed by atoms with Crippen molar-refractivity contribution in [2.24, 2.45) is 5.73 Å². The zero-order valence-corrected chi connectivity index (χ0v) is 10.9. The minimum Gasteiger partial charge on any atom is -0.496 e. The summed E-state index contributed by atoms with van der Waals surface area (Å²) < 4.78 is 5.35. The van der Waals surface area contributed by atoms with Crippen LogP contribution in [0.3, 0.4) is 0 Å². The van der Waals surface area contributed by atoms with Gasteiger partial charge in [-0.3, -0.25) is 0 Å². The Kier molecular flexibility index (Phi) is 4.00. The van der Waals surface area contributed by atoms with Gasteiger partial charge in [-0.2, -0.15) is 0 Å². The summed E-state index contributed by atoms with van der Waals surface area (Å²) in [6, 6.07) is 16.4. The number of nitrogens with two attached hydrogens (primary N) is 1. The molecule has 0 saturated heterocycles. The van der Waals surface area contributed by atoms with Crippen LogP contribution in [0.1, 0.15) is 22.7 Å². The molecular weight excluding hydrogens is 222 g/mol. The average Bonchev–Trinajstić information content (AvgIpc) is 2.39. The van der Waals surface area contributed by atoms with E-state index in [2.05, 4.69) is 31.2 Å². The van der Waals surface area contributed by atoms with Crippen LogP contribution in [-0.4, -0.2) is 7.11 Å². The first-order valence-electron chi connectivity index (χ1n) is 6.14. The van der Waals surface area contributed by atoms with Crippen molar-refractivity contribution in [1.82, 2.24) is 0 Å². The largest absolute Gasteiger partial charge is 0.496 e. The van der Waals surface area contributed by atoms with Gasteiger partial charge in [-0.1, -0.05) is 48.0 Å². The van der Waals surface area contributed by atoms with Gasteiger partial charge in [0.15, 0.2) is 0 Å². The lowest BCUT2D eigenvalue weighted by molar-refractivity contribution is 0.408. The van der Waals surface area contributed by atoms with E-state index in [1.165, 1.54) is 11.1 Å². The summed E-state index contributed by atoms with van der Waals surface area (Å²) in [6.45, 7) is 2.08. The molecule has 2 heteroatoms. The van der Waals surface area contributed by atoms with Crippen LogP contribution in [0.15, 0.2) is 48.5 Å². The summed E-state index contributed by atoms with van der Waals surface area (Å²) >= 11 is 0. The maximum Gasteiger partial charge on any atom is 0.122 e. The Morgan fingerprint density at radius 2 is 1.89 bits per heavy atom. The molecule has 0 aliphatic heterocycles. The molecule has 2 N–H and O–H groups in total. The fourth-order valence-corrected chi connectivity index (χ4v) is 2.13. The Labute approximate surface area is 108 Å². The summed E-state index contributed by atoms with van der Waals surface area (Å²) in [6.07, 6.45) is 0.785. The SMILES string of the molecule is COc1ccccc1CC(N)c1cccc(C)c1. The predicted molar refractivity (Wildman–Crippen MR) is 74.8 cm³/mol. The minimum absolute atomic E-state index is 0.00111. The fourth-order valence-electron chi connectivity index (χ4n) is 2.13.